The number of halogens is 1. The Morgan fingerprint density at radius 3 is 2.47 bits per heavy atom. The largest absolute Gasteiger partial charge is 0.383 e. The minimum Gasteiger partial charge on any atom is -0.383 e. The summed E-state index contributed by atoms with van der Waals surface area (Å²) in [6, 6.07) is 4.69. The van der Waals surface area contributed by atoms with Crippen LogP contribution in [0.25, 0.3) is 11.3 Å². The summed E-state index contributed by atoms with van der Waals surface area (Å²) in [6.45, 7) is 7.80. The van der Waals surface area contributed by atoms with Crippen LogP contribution in [0.5, 0.6) is 0 Å². The van der Waals surface area contributed by atoms with Crippen molar-refractivity contribution >= 4 is 5.82 Å². The fourth-order valence-corrected chi connectivity index (χ4v) is 1.92. The van der Waals surface area contributed by atoms with Crippen molar-refractivity contribution in [2.24, 2.45) is 0 Å². The van der Waals surface area contributed by atoms with Crippen LogP contribution in [0.3, 0.4) is 0 Å². The van der Waals surface area contributed by atoms with Gasteiger partial charge in [-0.25, -0.2) is 14.4 Å². The number of rotatable bonds is 2. The van der Waals surface area contributed by atoms with Crippen molar-refractivity contribution in [3.63, 3.8) is 0 Å². The number of nitrogens with zero attached hydrogens (tertiary/aromatic N) is 2. The Bertz CT molecular complexity index is 621. The number of nitrogens with two attached hydrogens (primary N) is 1. The molecule has 2 rings (SSSR count). The molecule has 0 aliphatic rings. The number of nitrogen functional groups attached to an aromatic ring is 1. The fourth-order valence-electron chi connectivity index (χ4n) is 1.92. The maximum Gasteiger partial charge on any atom is 0.133 e. The van der Waals surface area contributed by atoms with E-state index < -0.39 is 0 Å². The molecule has 1 aromatic heterocycles. The SMILES string of the molecule is Cc1ccc(F)cc1-c1nc(C(C)C)nc(N)c1C. The Kier molecular flexibility index (Phi) is 3.51. The molecule has 0 bridgehead atoms. The molecule has 1 heterocycles. The zero-order valence-corrected chi connectivity index (χ0v) is 11.7. The second-order valence-corrected chi connectivity index (χ2v) is 5.05. The van der Waals surface area contributed by atoms with E-state index in [1.165, 1.54) is 12.1 Å². The molecule has 0 aliphatic carbocycles. The topological polar surface area (TPSA) is 51.8 Å². The lowest BCUT2D eigenvalue weighted by Gasteiger charge is -2.13. The number of benzene rings is 1. The van der Waals surface area contributed by atoms with E-state index in [-0.39, 0.29) is 11.7 Å². The molecular weight excluding hydrogens is 241 g/mol. The summed E-state index contributed by atoms with van der Waals surface area (Å²) in [5.41, 5.74) is 9.19. The van der Waals surface area contributed by atoms with Crippen molar-refractivity contribution < 1.29 is 4.39 Å². The summed E-state index contributed by atoms with van der Waals surface area (Å²) in [5.74, 6) is 1.04. The first kappa shape index (κ1) is 13.5. The number of hydrogen-bond acceptors (Lipinski definition) is 3. The van der Waals surface area contributed by atoms with Crippen molar-refractivity contribution in [3.05, 3.63) is 41.0 Å². The maximum atomic E-state index is 13.4. The molecule has 100 valence electrons. The Morgan fingerprint density at radius 2 is 1.84 bits per heavy atom. The van der Waals surface area contributed by atoms with Crippen LogP contribution in [0.15, 0.2) is 18.2 Å². The van der Waals surface area contributed by atoms with Gasteiger partial charge in [-0.15, -0.1) is 0 Å². The van der Waals surface area contributed by atoms with Crippen molar-refractivity contribution in [3.8, 4) is 11.3 Å². The van der Waals surface area contributed by atoms with Crippen LogP contribution in [-0.2, 0) is 0 Å². The van der Waals surface area contributed by atoms with Gasteiger partial charge in [-0.05, 0) is 31.5 Å². The second kappa shape index (κ2) is 4.96. The minimum absolute atomic E-state index is 0.176. The van der Waals surface area contributed by atoms with E-state index in [2.05, 4.69) is 9.97 Å². The van der Waals surface area contributed by atoms with Crippen LogP contribution in [-0.4, -0.2) is 9.97 Å². The summed E-state index contributed by atoms with van der Waals surface area (Å²) >= 11 is 0. The first-order chi connectivity index (χ1) is 8.90. The first-order valence-electron chi connectivity index (χ1n) is 6.30. The standard InChI is InChI=1S/C15H18FN3/c1-8(2)15-18-13(10(4)14(17)19-15)12-7-11(16)6-5-9(12)3/h5-8H,1-4H3,(H2,17,18,19). The van der Waals surface area contributed by atoms with Gasteiger partial charge in [-0.2, -0.15) is 0 Å². The van der Waals surface area contributed by atoms with E-state index in [1.807, 2.05) is 27.7 Å². The van der Waals surface area contributed by atoms with E-state index in [1.54, 1.807) is 6.07 Å². The normalized spacial score (nSPS) is 11.1. The molecule has 0 fully saturated rings. The predicted octanol–water partition coefficient (Wildman–Crippen LogP) is 3.61. The molecule has 2 N–H and O–H groups in total. The van der Waals surface area contributed by atoms with Crippen molar-refractivity contribution in [2.45, 2.75) is 33.6 Å². The van der Waals surface area contributed by atoms with Crippen LogP contribution in [0.4, 0.5) is 10.2 Å². The lowest BCUT2D eigenvalue weighted by atomic mass is 10.0. The molecule has 0 spiro atoms. The summed E-state index contributed by atoms with van der Waals surface area (Å²) in [5, 5.41) is 0. The molecule has 0 saturated carbocycles. The van der Waals surface area contributed by atoms with Crippen molar-refractivity contribution in [2.75, 3.05) is 5.73 Å². The van der Waals surface area contributed by atoms with E-state index in [4.69, 9.17) is 5.73 Å². The highest BCUT2D eigenvalue weighted by Gasteiger charge is 2.14. The first-order valence-corrected chi connectivity index (χ1v) is 6.30. The molecule has 19 heavy (non-hydrogen) atoms. The number of anilines is 1. The zero-order chi connectivity index (χ0) is 14.2. The Morgan fingerprint density at radius 1 is 1.16 bits per heavy atom. The van der Waals surface area contributed by atoms with Crippen molar-refractivity contribution in [1.82, 2.24) is 9.97 Å². The van der Waals surface area contributed by atoms with Gasteiger partial charge < -0.3 is 5.73 Å². The van der Waals surface area contributed by atoms with E-state index in [0.717, 1.165) is 16.7 Å². The monoisotopic (exact) mass is 259 g/mol. The number of hydrogen-bond donors (Lipinski definition) is 1. The summed E-state index contributed by atoms with van der Waals surface area (Å²) < 4.78 is 13.4. The maximum absolute atomic E-state index is 13.4. The van der Waals surface area contributed by atoms with E-state index >= 15 is 0 Å². The van der Waals surface area contributed by atoms with E-state index in [0.29, 0.717) is 17.3 Å². The number of aryl methyl sites for hydroxylation is 1. The van der Waals surface area contributed by atoms with Crippen molar-refractivity contribution in [1.29, 1.82) is 0 Å². The van der Waals surface area contributed by atoms with Gasteiger partial charge in [0.2, 0.25) is 0 Å². The lowest BCUT2D eigenvalue weighted by Crippen LogP contribution is -2.06. The molecule has 0 atom stereocenters. The third-order valence-corrected chi connectivity index (χ3v) is 3.17. The molecular formula is C15H18FN3. The predicted molar refractivity (Wildman–Crippen MR) is 75.4 cm³/mol. The fraction of sp³-hybridized carbons (Fsp3) is 0.333. The van der Waals surface area contributed by atoms with Crippen LogP contribution in [0, 0.1) is 19.7 Å². The second-order valence-electron chi connectivity index (χ2n) is 5.05. The van der Waals surface area contributed by atoms with Gasteiger partial charge in [0.1, 0.15) is 17.5 Å². The molecule has 0 radical (unpaired) electrons. The van der Waals surface area contributed by atoms with Gasteiger partial charge in [0.15, 0.2) is 0 Å². The molecule has 0 saturated heterocycles. The smallest absolute Gasteiger partial charge is 0.133 e. The van der Waals surface area contributed by atoms with Gasteiger partial charge in [0.05, 0.1) is 5.69 Å². The van der Waals surface area contributed by atoms with Gasteiger partial charge in [-0.1, -0.05) is 19.9 Å². The lowest BCUT2D eigenvalue weighted by molar-refractivity contribution is 0.628. The highest BCUT2D eigenvalue weighted by molar-refractivity contribution is 5.70. The Balaban J connectivity index is 2.70. The molecule has 1 aromatic carbocycles. The van der Waals surface area contributed by atoms with Crippen LogP contribution >= 0.6 is 0 Å². The quantitative estimate of drug-likeness (QED) is 0.896. The molecule has 4 heteroatoms. The van der Waals surface area contributed by atoms with Gasteiger partial charge in [-0.3, -0.25) is 0 Å². The van der Waals surface area contributed by atoms with Crippen LogP contribution in [0.1, 0.15) is 36.7 Å². The third-order valence-electron chi connectivity index (χ3n) is 3.17. The van der Waals surface area contributed by atoms with Crippen LogP contribution in [0.2, 0.25) is 0 Å². The van der Waals surface area contributed by atoms with Crippen LogP contribution < -0.4 is 5.73 Å². The average molecular weight is 259 g/mol. The van der Waals surface area contributed by atoms with Gasteiger partial charge in [0, 0.05) is 17.0 Å². The Labute approximate surface area is 112 Å². The Hall–Kier alpha value is -1.97. The molecule has 3 nitrogen and oxygen atoms in total. The highest BCUT2D eigenvalue weighted by Crippen LogP contribution is 2.29. The zero-order valence-electron chi connectivity index (χ0n) is 11.7. The minimum atomic E-state index is -0.275. The highest BCUT2D eigenvalue weighted by atomic mass is 19.1. The van der Waals surface area contributed by atoms with E-state index in [9.17, 15) is 4.39 Å². The summed E-state index contributed by atoms with van der Waals surface area (Å²) in [6.07, 6.45) is 0. The average Bonchev–Trinajstić information content (AvgIpc) is 2.35. The summed E-state index contributed by atoms with van der Waals surface area (Å²) in [4.78, 5) is 8.83. The molecule has 0 amide bonds. The molecule has 0 unspecified atom stereocenters. The number of aromatic nitrogens is 2. The third kappa shape index (κ3) is 2.57. The summed E-state index contributed by atoms with van der Waals surface area (Å²) in [7, 11) is 0. The molecule has 2 aromatic rings. The van der Waals surface area contributed by atoms with Gasteiger partial charge in [0.25, 0.3) is 0 Å². The van der Waals surface area contributed by atoms with Gasteiger partial charge >= 0.3 is 0 Å². The molecule has 0 aliphatic heterocycles.